The molecule has 0 saturated carbocycles. The Bertz CT molecular complexity index is 706. The van der Waals surface area contributed by atoms with Crippen molar-refractivity contribution in [3.63, 3.8) is 0 Å². The van der Waals surface area contributed by atoms with Gasteiger partial charge in [0, 0.05) is 24.7 Å². The number of carboxylic acid groups (broad SMARTS) is 1. The second kappa shape index (κ2) is 6.23. The van der Waals surface area contributed by atoms with Crippen LogP contribution in [0.25, 0.3) is 10.9 Å². The molecule has 1 heterocycles. The van der Waals surface area contributed by atoms with Crippen molar-refractivity contribution in [1.29, 1.82) is 5.26 Å². The summed E-state index contributed by atoms with van der Waals surface area (Å²) in [6.07, 6.45) is 1.55. The fourth-order valence-corrected chi connectivity index (χ4v) is 2.34. The van der Waals surface area contributed by atoms with Gasteiger partial charge in [0.05, 0.1) is 22.7 Å². The quantitative estimate of drug-likeness (QED) is 0.912. The molecule has 1 N–H and O–H groups in total. The van der Waals surface area contributed by atoms with Crippen LogP contribution in [0.2, 0.25) is 0 Å². The van der Waals surface area contributed by atoms with Gasteiger partial charge in [-0.3, -0.25) is 9.78 Å². The predicted octanol–water partition coefficient (Wildman–Crippen LogP) is 2.65. The van der Waals surface area contributed by atoms with Gasteiger partial charge < -0.3 is 10.0 Å². The lowest BCUT2D eigenvalue weighted by molar-refractivity contribution is -0.140. The Balaban J connectivity index is 2.56. The number of aromatic nitrogens is 1. The lowest BCUT2D eigenvalue weighted by Gasteiger charge is -2.27. The number of para-hydroxylation sites is 1. The molecule has 108 valence electrons. The first kappa shape index (κ1) is 14.8. The standard InChI is InChI=1S/C16H17N3O2/c1-3-19(10-11(2)16(20)21)15-12(8-17)9-18-14-7-5-4-6-13(14)15/h4-7,9,11H,3,10H2,1-2H3,(H,20,21). The number of hydrogen-bond acceptors (Lipinski definition) is 4. The maximum absolute atomic E-state index is 11.1. The van der Waals surface area contributed by atoms with Crippen LogP contribution in [0.5, 0.6) is 0 Å². The third-order valence-corrected chi connectivity index (χ3v) is 3.48. The van der Waals surface area contributed by atoms with E-state index in [1.54, 1.807) is 13.1 Å². The van der Waals surface area contributed by atoms with Crippen molar-refractivity contribution in [1.82, 2.24) is 4.98 Å². The molecule has 0 aliphatic rings. The zero-order valence-electron chi connectivity index (χ0n) is 12.1. The predicted molar refractivity (Wildman–Crippen MR) is 81.1 cm³/mol. The van der Waals surface area contributed by atoms with E-state index in [-0.39, 0.29) is 0 Å². The normalized spacial score (nSPS) is 11.9. The number of aliphatic carboxylic acids is 1. The number of fused-ring (bicyclic) bond motifs is 1. The van der Waals surface area contributed by atoms with Crippen LogP contribution in [0.4, 0.5) is 5.69 Å². The van der Waals surface area contributed by atoms with Crippen LogP contribution < -0.4 is 4.90 Å². The molecular weight excluding hydrogens is 266 g/mol. The van der Waals surface area contributed by atoms with Gasteiger partial charge in [-0.25, -0.2) is 0 Å². The van der Waals surface area contributed by atoms with Gasteiger partial charge in [-0.05, 0) is 13.0 Å². The molecule has 5 nitrogen and oxygen atoms in total. The summed E-state index contributed by atoms with van der Waals surface area (Å²) in [5.41, 5.74) is 2.03. The Morgan fingerprint density at radius 2 is 2.19 bits per heavy atom. The van der Waals surface area contributed by atoms with Gasteiger partial charge in [-0.15, -0.1) is 0 Å². The molecule has 0 aliphatic carbocycles. The van der Waals surface area contributed by atoms with E-state index in [4.69, 9.17) is 5.11 Å². The smallest absolute Gasteiger partial charge is 0.308 e. The van der Waals surface area contributed by atoms with Crippen LogP contribution in [0.15, 0.2) is 30.5 Å². The number of hydrogen-bond donors (Lipinski definition) is 1. The average molecular weight is 283 g/mol. The molecule has 21 heavy (non-hydrogen) atoms. The van der Waals surface area contributed by atoms with Gasteiger partial charge >= 0.3 is 5.97 Å². The van der Waals surface area contributed by atoms with Gasteiger partial charge in [0.2, 0.25) is 0 Å². The minimum absolute atomic E-state index is 0.356. The monoisotopic (exact) mass is 283 g/mol. The van der Waals surface area contributed by atoms with Crippen molar-refractivity contribution >= 4 is 22.6 Å². The molecule has 2 rings (SSSR count). The number of nitriles is 1. The third kappa shape index (κ3) is 2.95. The number of anilines is 1. The molecule has 0 spiro atoms. The Morgan fingerprint density at radius 3 is 2.81 bits per heavy atom. The lowest BCUT2D eigenvalue weighted by Crippen LogP contribution is -2.32. The summed E-state index contributed by atoms with van der Waals surface area (Å²) in [5, 5.41) is 19.3. The molecule has 0 amide bonds. The summed E-state index contributed by atoms with van der Waals surface area (Å²) in [7, 11) is 0. The number of benzene rings is 1. The van der Waals surface area contributed by atoms with Crippen molar-refractivity contribution in [2.45, 2.75) is 13.8 Å². The van der Waals surface area contributed by atoms with Crippen LogP contribution in [0.3, 0.4) is 0 Å². The highest BCUT2D eigenvalue weighted by molar-refractivity contribution is 5.94. The molecule has 1 unspecified atom stereocenters. The van der Waals surface area contributed by atoms with Gasteiger partial charge in [-0.2, -0.15) is 5.26 Å². The van der Waals surface area contributed by atoms with Crippen molar-refractivity contribution < 1.29 is 9.90 Å². The largest absolute Gasteiger partial charge is 0.481 e. The summed E-state index contributed by atoms with van der Waals surface area (Å²) in [4.78, 5) is 17.3. The van der Waals surface area contributed by atoms with E-state index in [0.29, 0.717) is 18.7 Å². The van der Waals surface area contributed by atoms with Crippen LogP contribution in [-0.2, 0) is 4.79 Å². The van der Waals surface area contributed by atoms with Gasteiger partial charge in [-0.1, -0.05) is 25.1 Å². The van der Waals surface area contributed by atoms with E-state index < -0.39 is 11.9 Å². The van der Waals surface area contributed by atoms with Crippen LogP contribution >= 0.6 is 0 Å². The molecule has 1 aromatic heterocycles. The molecule has 0 aliphatic heterocycles. The van der Waals surface area contributed by atoms with Crippen molar-refractivity contribution in [2.24, 2.45) is 5.92 Å². The Kier molecular flexibility index (Phi) is 4.39. The van der Waals surface area contributed by atoms with E-state index >= 15 is 0 Å². The fraction of sp³-hybridized carbons (Fsp3) is 0.312. The van der Waals surface area contributed by atoms with Crippen molar-refractivity contribution in [3.8, 4) is 6.07 Å². The number of pyridine rings is 1. The maximum Gasteiger partial charge on any atom is 0.308 e. The van der Waals surface area contributed by atoms with Gasteiger partial charge in [0.15, 0.2) is 0 Å². The van der Waals surface area contributed by atoms with E-state index in [1.165, 1.54) is 0 Å². The van der Waals surface area contributed by atoms with E-state index in [2.05, 4.69) is 11.1 Å². The van der Waals surface area contributed by atoms with E-state index in [1.807, 2.05) is 36.1 Å². The topological polar surface area (TPSA) is 77.2 Å². The highest BCUT2D eigenvalue weighted by Gasteiger charge is 2.20. The van der Waals surface area contributed by atoms with Crippen LogP contribution in [-0.4, -0.2) is 29.1 Å². The molecular formula is C16H17N3O2. The number of rotatable bonds is 5. The zero-order chi connectivity index (χ0) is 15.4. The lowest BCUT2D eigenvalue weighted by atomic mass is 10.1. The fourth-order valence-electron chi connectivity index (χ4n) is 2.34. The third-order valence-electron chi connectivity index (χ3n) is 3.48. The summed E-state index contributed by atoms with van der Waals surface area (Å²) < 4.78 is 0. The first-order valence-electron chi connectivity index (χ1n) is 6.84. The van der Waals surface area contributed by atoms with Crippen molar-refractivity contribution in [3.05, 3.63) is 36.0 Å². The SMILES string of the molecule is CCN(CC(C)C(=O)O)c1c(C#N)cnc2ccccc12. The van der Waals surface area contributed by atoms with Gasteiger partial charge in [0.1, 0.15) is 6.07 Å². The first-order valence-corrected chi connectivity index (χ1v) is 6.84. The summed E-state index contributed by atoms with van der Waals surface area (Å²) in [6.45, 7) is 4.60. The molecule has 1 atom stereocenters. The number of carbonyl (C=O) groups is 1. The minimum atomic E-state index is -0.842. The average Bonchev–Trinajstić information content (AvgIpc) is 2.51. The maximum atomic E-state index is 11.1. The first-order chi connectivity index (χ1) is 10.1. The van der Waals surface area contributed by atoms with Gasteiger partial charge in [0.25, 0.3) is 0 Å². The highest BCUT2D eigenvalue weighted by Crippen LogP contribution is 2.29. The molecule has 0 fully saturated rings. The zero-order valence-corrected chi connectivity index (χ0v) is 12.1. The minimum Gasteiger partial charge on any atom is -0.481 e. The molecule has 0 saturated heterocycles. The summed E-state index contributed by atoms with van der Waals surface area (Å²) >= 11 is 0. The molecule has 5 heteroatoms. The summed E-state index contributed by atoms with van der Waals surface area (Å²) in [6, 6.07) is 9.73. The van der Waals surface area contributed by atoms with E-state index in [9.17, 15) is 10.1 Å². The molecule has 1 aromatic carbocycles. The molecule has 2 aromatic rings. The Morgan fingerprint density at radius 1 is 1.48 bits per heavy atom. The Labute approximate surface area is 123 Å². The summed E-state index contributed by atoms with van der Waals surface area (Å²) in [5.74, 6) is -1.35. The van der Waals surface area contributed by atoms with Crippen LogP contribution in [0, 0.1) is 17.2 Å². The second-order valence-electron chi connectivity index (χ2n) is 4.93. The van der Waals surface area contributed by atoms with Crippen molar-refractivity contribution in [2.75, 3.05) is 18.0 Å². The van der Waals surface area contributed by atoms with Crippen LogP contribution in [0.1, 0.15) is 19.4 Å². The van der Waals surface area contributed by atoms with E-state index in [0.717, 1.165) is 16.6 Å². The number of nitrogens with zero attached hydrogens (tertiary/aromatic N) is 3. The highest BCUT2D eigenvalue weighted by atomic mass is 16.4. The number of carboxylic acids is 1. The molecule has 0 radical (unpaired) electrons. The second-order valence-corrected chi connectivity index (χ2v) is 4.93. The Hall–Kier alpha value is -2.61. The molecule has 0 bridgehead atoms.